The van der Waals surface area contributed by atoms with Crippen LogP contribution in [0.4, 0.5) is 10.5 Å². The van der Waals surface area contributed by atoms with Crippen molar-refractivity contribution in [1.82, 2.24) is 5.32 Å². The molecule has 0 bridgehead atoms. The largest absolute Gasteiger partial charge is 0.494 e. The summed E-state index contributed by atoms with van der Waals surface area (Å²) >= 11 is 3.58. The van der Waals surface area contributed by atoms with Gasteiger partial charge >= 0.3 is 6.03 Å². The summed E-state index contributed by atoms with van der Waals surface area (Å²) < 4.78 is 6.88. The molecule has 0 aromatic heterocycles. The summed E-state index contributed by atoms with van der Waals surface area (Å²) in [4.78, 5) is 39.5. The van der Waals surface area contributed by atoms with Gasteiger partial charge in [0.1, 0.15) is 11.3 Å². The van der Waals surface area contributed by atoms with E-state index in [2.05, 4.69) is 21.2 Å². The van der Waals surface area contributed by atoms with Gasteiger partial charge in [0.25, 0.3) is 11.8 Å². The van der Waals surface area contributed by atoms with E-state index in [0.29, 0.717) is 30.0 Å². The number of imide groups is 2. The van der Waals surface area contributed by atoms with Crippen LogP contribution < -0.4 is 15.0 Å². The van der Waals surface area contributed by atoms with Gasteiger partial charge in [0.15, 0.2) is 0 Å². The molecule has 0 saturated carbocycles. The van der Waals surface area contributed by atoms with Gasteiger partial charge in [-0.1, -0.05) is 64.0 Å². The molecule has 0 aliphatic carbocycles. The van der Waals surface area contributed by atoms with E-state index in [9.17, 15) is 14.4 Å². The molecule has 3 aromatic rings. The molecule has 1 aliphatic rings. The molecule has 0 atom stereocenters. The van der Waals surface area contributed by atoms with Crippen LogP contribution in [0.3, 0.4) is 0 Å². The van der Waals surface area contributed by atoms with E-state index in [0.717, 1.165) is 31.6 Å². The van der Waals surface area contributed by atoms with Crippen molar-refractivity contribution in [2.75, 3.05) is 11.5 Å². The lowest BCUT2D eigenvalue weighted by atomic mass is 10.0. The fourth-order valence-electron chi connectivity index (χ4n) is 4.04. The van der Waals surface area contributed by atoms with Crippen LogP contribution >= 0.6 is 15.9 Å². The number of nitrogens with one attached hydrogen (secondary N) is 1. The van der Waals surface area contributed by atoms with Crippen LogP contribution in [0.2, 0.25) is 0 Å². The number of urea groups is 1. The average molecular weight is 533 g/mol. The van der Waals surface area contributed by atoms with E-state index in [4.69, 9.17) is 4.74 Å². The summed E-state index contributed by atoms with van der Waals surface area (Å²) in [6, 6.07) is 18.2. The number of nitrogens with zero attached hydrogens (tertiary/aromatic N) is 1. The Bertz CT molecular complexity index is 1360. The lowest BCUT2D eigenvalue weighted by Crippen LogP contribution is -2.54. The quantitative estimate of drug-likeness (QED) is 0.325. The first-order chi connectivity index (χ1) is 16.8. The molecule has 35 heavy (non-hydrogen) atoms. The Hall–Kier alpha value is -3.71. The highest BCUT2D eigenvalue weighted by atomic mass is 79.9. The van der Waals surface area contributed by atoms with Gasteiger partial charge in [-0.05, 0) is 67.3 Å². The van der Waals surface area contributed by atoms with Crippen molar-refractivity contribution in [2.45, 2.75) is 27.2 Å². The van der Waals surface area contributed by atoms with Crippen LogP contribution in [0, 0.1) is 13.8 Å². The maximum absolute atomic E-state index is 13.3. The predicted molar refractivity (Wildman–Crippen MR) is 139 cm³/mol. The number of carbonyl (C=O) groups is 3. The number of aryl methyl sites for hydroxylation is 2. The Morgan fingerprint density at radius 2 is 1.74 bits per heavy atom. The minimum absolute atomic E-state index is 0.120. The Morgan fingerprint density at radius 1 is 0.971 bits per heavy atom. The Labute approximate surface area is 212 Å². The Morgan fingerprint density at radius 3 is 2.46 bits per heavy atom. The van der Waals surface area contributed by atoms with Gasteiger partial charge in [0.05, 0.1) is 12.3 Å². The maximum Gasteiger partial charge on any atom is 0.335 e. The van der Waals surface area contributed by atoms with Crippen LogP contribution in [0.15, 0.2) is 70.7 Å². The molecule has 4 amide bonds. The monoisotopic (exact) mass is 532 g/mol. The lowest BCUT2D eigenvalue weighted by Gasteiger charge is -2.27. The normalized spacial score (nSPS) is 14.9. The average Bonchev–Trinajstić information content (AvgIpc) is 2.81. The summed E-state index contributed by atoms with van der Waals surface area (Å²) in [5.74, 6) is -0.721. The predicted octanol–water partition coefficient (Wildman–Crippen LogP) is 5.72. The van der Waals surface area contributed by atoms with Gasteiger partial charge in [-0.2, -0.15) is 0 Å². The number of benzene rings is 3. The van der Waals surface area contributed by atoms with Crippen molar-refractivity contribution in [3.05, 3.63) is 98.5 Å². The highest BCUT2D eigenvalue weighted by Crippen LogP contribution is 2.29. The Kier molecular flexibility index (Phi) is 7.17. The van der Waals surface area contributed by atoms with Gasteiger partial charge in [0.2, 0.25) is 0 Å². The second kappa shape index (κ2) is 10.3. The third-order valence-corrected chi connectivity index (χ3v) is 6.51. The Balaban J connectivity index is 1.69. The van der Waals surface area contributed by atoms with Gasteiger partial charge in [-0.3, -0.25) is 14.9 Å². The zero-order valence-electron chi connectivity index (χ0n) is 19.7. The fourth-order valence-corrected chi connectivity index (χ4v) is 4.47. The molecule has 1 heterocycles. The van der Waals surface area contributed by atoms with Crippen LogP contribution in [0.1, 0.15) is 34.7 Å². The van der Waals surface area contributed by atoms with Gasteiger partial charge in [-0.15, -0.1) is 0 Å². The molecule has 0 spiro atoms. The molecular weight excluding hydrogens is 508 g/mol. The highest BCUT2D eigenvalue weighted by molar-refractivity contribution is 9.10. The molecule has 1 fully saturated rings. The first-order valence-corrected chi connectivity index (χ1v) is 12.1. The number of amides is 4. The lowest BCUT2D eigenvalue weighted by molar-refractivity contribution is -0.122. The molecule has 1 saturated heterocycles. The maximum atomic E-state index is 13.3. The van der Waals surface area contributed by atoms with Gasteiger partial charge < -0.3 is 4.74 Å². The third kappa shape index (κ3) is 5.20. The molecule has 4 rings (SSSR count). The second-order valence-electron chi connectivity index (χ2n) is 8.32. The summed E-state index contributed by atoms with van der Waals surface area (Å²) in [5, 5.41) is 2.28. The van der Waals surface area contributed by atoms with Crippen LogP contribution in [-0.2, 0) is 16.0 Å². The SMILES string of the molecule is CCOc1cc(/C=C2\C(=O)NC(=O)N(c3ccc(C)cc3C)C2=O)ccc1Cc1ccccc1Br. The highest BCUT2D eigenvalue weighted by Gasteiger charge is 2.37. The molecule has 6 nitrogen and oxygen atoms in total. The van der Waals surface area contributed by atoms with E-state index in [1.807, 2.05) is 69.3 Å². The van der Waals surface area contributed by atoms with Gasteiger partial charge in [-0.25, -0.2) is 9.69 Å². The molecule has 1 N–H and O–H groups in total. The number of hydrogen-bond donors (Lipinski definition) is 1. The summed E-state index contributed by atoms with van der Waals surface area (Å²) in [5.41, 5.74) is 4.81. The minimum Gasteiger partial charge on any atom is -0.494 e. The number of anilines is 1. The van der Waals surface area contributed by atoms with Crippen LogP contribution in [0.5, 0.6) is 5.75 Å². The number of ether oxygens (including phenoxy) is 1. The summed E-state index contributed by atoms with van der Waals surface area (Å²) in [7, 11) is 0. The first kappa shape index (κ1) is 24.4. The molecular formula is C28H25BrN2O4. The van der Waals surface area contributed by atoms with Crippen molar-refractivity contribution in [1.29, 1.82) is 0 Å². The topological polar surface area (TPSA) is 75.7 Å². The minimum atomic E-state index is -0.761. The summed E-state index contributed by atoms with van der Waals surface area (Å²) in [6.07, 6.45) is 2.15. The summed E-state index contributed by atoms with van der Waals surface area (Å²) in [6.45, 7) is 6.12. The smallest absolute Gasteiger partial charge is 0.335 e. The van der Waals surface area contributed by atoms with E-state index in [1.54, 1.807) is 12.1 Å². The van der Waals surface area contributed by atoms with Crippen LogP contribution in [-0.4, -0.2) is 24.5 Å². The van der Waals surface area contributed by atoms with E-state index in [1.165, 1.54) is 6.08 Å². The molecule has 3 aromatic carbocycles. The van der Waals surface area contributed by atoms with Gasteiger partial charge in [0, 0.05) is 10.9 Å². The zero-order chi connectivity index (χ0) is 25.1. The van der Waals surface area contributed by atoms with E-state index >= 15 is 0 Å². The molecule has 1 aliphatic heterocycles. The standard InChI is InChI=1S/C28H25BrN2O4/c1-4-35-25-15-19(10-11-21(25)16-20-7-5-6-8-23(20)29)14-22-26(32)30-28(34)31(27(22)33)24-12-9-17(2)13-18(24)3/h5-15H,4,16H2,1-3H3,(H,30,32,34)/b22-14+. The van der Waals surface area contributed by atoms with E-state index < -0.39 is 17.8 Å². The van der Waals surface area contributed by atoms with Crippen molar-refractivity contribution >= 4 is 45.5 Å². The molecule has 0 radical (unpaired) electrons. The van der Waals surface area contributed by atoms with Crippen molar-refractivity contribution in [3.63, 3.8) is 0 Å². The number of halogens is 1. The fraction of sp³-hybridized carbons (Fsp3) is 0.179. The van der Waals surface area contributed by atoms with Crippen molar-refractivity contribution in [3.8, 4) is 5.75 Å². The van der Waals surface area contributed by atoms with E-state index in [-0.39, 0.29) is 5.57 Å². The zero-order valence-corrected chi connectivity index (χ0v) is 21.3. The second-order valence-corrected chi connectivity index (χ2v) is 9.17. The number of barbiturate groups is 1. The molecule has 0 unspecified atom stereocenters. The van der Waals surface area contributed by atoms with Crippen molar-refractivity contribution in [2.24, 2.45) is 0 Å². The number of hydrogen-bond acceptors (Lipinski definition) is 4. The first-order valence-electron chi connectivity index (χ1n) is 11.3. The third-order valence-electron chi connectivity index (χ3n) is 5.74. The van der Waals surface area contributed by atoms with Crippen molar-refractivity contribution < 1.29 is 19.1 Å². The molecule has 7 heteroatoms. The van der Waals surface area contributed by atoms with Crippen LogP contribution in [0.25, 0.3) is 6.08 Å². The number of carbonyl (C=O) groups excluding carboxylic acids is 3. The number of rotatable bonds is 6. The molecule has 178 valence electrons.